The Morgan fingerprint density at radius 1 is 0.870 bits per heavy atom. The normalized spacial score (nSPS) is 22.3. The Labute approximate surface area is 133 Å². The quantitative estimate of drug-likeness (QED) is 0.261. The van der Waals surface area contributed by atoms with Crippen molar-refractivity contribution in [3.05, 3.63) is 65.7 Å². The van der Waals surface area contributed by atoms with E-state index >= 15 is 0 Å². The maximum absolute atomic E-state index is 5.87. The Morgan fingerprint density at radius 3 is 2.70 bits per heavy atom. The fourth-order valence-electron chi connectivity index (χ4n) is 4.15. The van der Waals surface area contributed by atoms with Crippen molar-refractivity contribution in [3.8, 4) is 0 Å². The average Bonchev–Trinajstić information content (AvgIpc) is 3.39. The monoisotopic (exact) mass is 297 g/mol. The third kappa shape index (κ3) is 1.59. The summed E-state index contributed by atoms with van der Waals surface area (Å²) in [4.78, 5) is 5.12. The van der Waals surface area contributed by atoms with Gasteiger partial charge in [-0.1, -0.05) is 48.5 Å². The first-order valence-electron chi connectivity index (χ1n) is 8.28. The van der Waals surface area contributed by atoms with Crippen LogP contribution in [0.25, 0.3) is 32.6 Å². The van der Waals surface area contributed by atoms with E-state index in [-0.39, 0.29) is 6.10 Å². The lowest BCUT2D eigenvalue weighted by Crippen LogP contribution is -2.05. The van der Waals surface area contributed by atoms with Crippen molar-refractivity contribution in [1.82, 2.24) is 4.98 Å². The second-order valence-electron chi connectivity index (χ2n) is 6.69. The van der Waals surface area contributed by atoms with E-state index in [2.05, 4.69) is 54.6 Å². The molecule has 0 radical (unpaired) electrons. The zero-order valence-electron chi connectivity index (χ0n) is 12.6. The molecule has 0 N–H and O–H groups in total. The van der Waals surface area contributed by atoms with Gasteiger partial charge in [0.2, 0.25) is 0 Å². The predicted molar refractivity (Wildman–Crippen MR) is 92.7 cm³/mol. The highest BCUT2D eigenvalue weighted by molar-refractivity contribution is 6.08. The van der Waals surface area contributed by atoms with Crippen LogP contribution in [0.15, 0.2) is 54.6 Å². The van der Waals surface area contributed by atoms with Gasteiger partial charge in [-0.2, -0.15) is 0 Å². The molecule has 2 atom stereocenters. The molecule has 1 unspecified atom stereocenters. The van der Waals surface area contributed by atoms with Crippen LogP contribution in [0.4, 0.5) is 0 Å². The molecule has 23 heavy (non-hydrogen) atoms. The minimum absolute atomic E-state index is 0.280. The molecule has 1 aliphatic heterocycles. The van der Waals surface area contributed by atoms with Gasteiger partial charge in [-0.3, -0.25) is 0 Å². The summed E-state index contributed by atoms with van der Waals surface area (Å²) in [5.74, 6) is 0. The van der Waals surface area contributed by atoms with Crippen molar-refractivity contribution in [1.29, 1.82) is 0 Å². The summed E-state index contributed by atoms with van der Waals surface area (Å²) in [5, 5.41) is 4.91. The van der Waals surface area contributed by atoms with E-state index in [0.29, 0.717) is 6.10 Å². The lowest BCUT2D eigenvalue weighted by molar-refractivity contribution is 0.373. The van der Waals surface area contributed by atoms with Crippen molar-refractivity contribution in [2.24, 2.45) is 0 Å². The number of hydrogen-bond donors (Lipinski definition) is 0. The number of epoxide rings is 1. The number of aromatic nitrogens is 1. The minimum Gasteiger partial charge on any atom is -0.364 e. The summed E-state index contributed by atoms with van der Waals surface area (Å²) in [6.45, 7) is 0. The number of nitrogens with zero attached hydrogens (tertiary/aromatic N) is 1. The van der Waals surface area contributed by atoms with E-state index in [0.717, 1.165) is 23.9 Å². The second-order valence-corrected chi connectivity index (χ2v) is 6.69. The fraction of sp³-hybridized carbons (Fsp3) is 0.190. The van der Waals surface area contributed by atoms with Crippen molar-refractivity contribution in [2.45, 2.75) is 25.0 Å². The lowest BCUT2D eigenvalue weighted by atomic mass is 9.89. The van der Waals surface area contributed by atoms with Crippen LogP contribution in [0, 0.1) is 0 Å². The van der Waals surface area contributed by atoms with Gasteiger partial charge in [-0.05, 0) is 29.9 Å². The maximum Gasteiger partial charge on any atom is 0.112 e. The molecular weight excluding hydrogens is 282 g/mol. The van der Waals surface area contributed by atoms with E-state index < -0.39 is 0 Å². The Hall–Kier alpha value is -2.45. The van der Waals surface area contributed by atoms with Gasteiger partial charge < -0.3 is 4.74 Å². The molecule has 1 aliphatic carbocycles. The molecule has 2 aliphatic rings. The average molecular weight is 297 g/mol. The number of hydrogen-bond acceptors (Lipinski definition) is 2. The van der Waals surface area contributed by atoms with E-state index in [1.54, 1.807) is 0 Å². The first-order valence-corrected chi connectivity index (χ1v) is 8.28. The highest BCUT2D eigenvalue weighted by Gasteiger charge is 2.45. The lowest BCUT2D eigenvalue weighted by Gasteiger charge is -2.15. The summed E-state index contributed by atoms with van der Waals surface area (Å²) >= 11 is 0. The van der Waals surface area contributed by atoms with E-state index in [4.69, 9.17) is 9.72 Å². The van der Waals surface area contributed by atoms with Crippen LogP contribution >= 0.6 is 0 Å². The van der Waals surface area contributed by atoms with Gasteiger partial charge in [0.05, 0.1) is 17.1 Å². The molecule has 1 aromatic heterocycles. The Morgan fingerprint density at radius 2 is 1.70 bits per heavy atom. The van der Waals surface area contributed by atoms with Crippen LogP contribution < -0.4 is 0 Å². The molecule has 6 rings (SSSR count). The maximum atomic E-state index is 5.87. The molecule has 1 fully saturated rings. The zero-order chi connectivity index (χ0) is 15.0. The highest BCUT2D eigenvalue weighted by Crippen LogP contribution is 2.49. The van der Waals surface area contributed by atoms with Crippen molar-refractivity contribution < 1.29 is 4.74 Å². The molecule has 0 saturated carbocycles. The van der Waals surface area contributed by atoms with Gasteiger partial charge in [0.1, 0.15) is 6.10 Å². The van der Waals surface area contributed by atoms with Gasteiger partial charge in [0, 0.05) is 21.7 Å². The molecule has 110 valence electrons. The SMILES string of the molecule is c1ccc2c(c1)ccc1cc3ccc4c(c3nc12)C1O[C@@H]1CC4. The smallest absolute Gasteiger partial charge is 0.112 e. The molecule has 0 amide bonds. The third-order valence-corrected chi connectivity index (χ3v) is 5.37. The number of pyridine rings is 1. The van der Waals surface area contributed by atoms with E-state index in [1.807, 2.05) is 0 Å². The first kappa shape index (κ1) is 12.0. The predicted octanol–water partition coefficient (Wildman–Crippen LogP) is 4.93. The van der Waals surface area contributed by atoms with Gasteiger partial charge in [-0.15, -0.1) is 0 Å². The molecule has 3 aromatic carbocycles. The van der Waals surface area contributed by atoms with E-state index in [1.165, 1.54) is 32.7 Å². The zero-order valence-corrected chi connectivity index (χ0v) is 12.6. The molecule has 1 saturated heterocycles. The Balaban J connectivity index is 1.78. The Bertz CT molecular complexity index is 1110. The summed E-state index contributed by atoms with van der Waals surface area (Å²) in [5.41, 5.74) is 5.00. The summed E-state index contributed by atoms with van der Waals surface area (Å²) in [6.07, 6.45) is 2.97. The summed E-state index contributed by atoms with van der Waals surface area (Å²) in [6, 6.07) is 19.6. The summed E-state index contributed by atoms with van der Waals surface area (Å²) in [7, 11) is 0. The largest absolute Gasteiger partial charge is 0.364 e. The topological polar surface area (TPSA) is 25.4 Å². The molecule has 4 aromatic rings. The van der Waals surface area contributed by atoms with Crippen LogP contribution in [-0.4, -0.2) is 11.1 Å². The standard InChI is InChI=1S/C21H15NO/c1-2-4-16-12(3-1)5-7-14-11-15-8-6-13-9-10-17-21(23-17)18(13)20(15)22-19(14)16/h1-8,11,17,21H,9-10H2/t17-,21?/m1/s1. The minimum atomic E-state index is 0.280. The van der Waals surface area contributed by atoms with Crippen LogP contribution in [0.5, 0.6) is 0 Å². The van der Waals surface area contributed by atoms with Crippen LogP contribution in [0.2, 0.25) is 0 Å². The van der Waals surface area contributed by atoms with Gasteiger partial charge >= 0.3 is 0 Å². The van der Waals surface area contributed by atoms with Gasteiger partial charge in [-0.25, -0.2) is 4.98 Å². The van der Waals surface area contributed by atoms with Crippen LogP contribution in [0.3, 0.4) is 0 Å². The molecule has 0 spiro atoms. The van der Waals surface area contributed by atoms with Crippen molar-refractivity contribution in [3.63, 3.8) is 0 Å². The number of benzene rings is 3. The van der Waals surface area contributed by atoms with Gasteiger partial charge in [0.15, 0.2) is 0 Å². The number of aryl methyl sites for hydroxylation is 1. The number of ether oxygens (including phenoxy) is 1. The molecule has 2 nitrogen and oxygen atoms in total. The molecular formula is C21H15NO. The van der Waals surface area contributed by atoms with E-state index in [9.17, 15) is 0 Å². The summed E-state index contributed by atoms with van der Waals surface area (Å²) < 4.78 is 5.87. The second kappa shape index (κ2) is 4.09. The first-order chi connectivity index (χ1) is 11.4. The Kier molecular flexibility index (Phi) is 2.14. The van der Waals surface area contributed by atoms with Crippen LogP contribution in [0.1, 0.15) is 23.7 Å². The molecule has 2 heterocycles. The third-order valence-electron chi connectivity index (χ3n) is 5.37. The number of fused-ring (bicyclic) bond motifs is 8. The molecule has 0 bridgehead atoms. The molecule has 2 heteroatoms. The fourth-order valence-corrected chi connectivity index (χ4v) is 4.15. The van der Waals surface area contributed by atoms with Crippen molar-refractivity contribution >= 4 is 32.6 Å². The van der Waals surface area contributed by atoms with Crippen LogP contribution in [-0.2, 0) is 11.2 Å². The van der Waals surface area contributed by atoms with Gasteiger partial charge in [0.25, 0.3) is 0 Å². The number of rotatable bonds is 0. The highest BCUT2D eigenvalue weighted by atomic mass is 16.6. The van der Waals surface area contributed by atoms with Crippen molar-refractivity contribution in [2.75, 3.05) is 0 Å².